The fourth-order valence-electron chi connectivity index (χ4n) is 1.75. The molecule has 0 aromatic heterocycles. The predicted octanol–water partition coefficient (Wildman–Crippen LogP) is 1.85. The summed E-state index contributed by atoms with van der Waals surface area (Å²) in [5.74, 6) is -1.94. The van der Waals surface area contributed by atoms with Gasteiger partial charge in [0.1, 0.15) is 0 Å². The molecule has 2 rings (SSSR count). The molecule has 0 saturated carbocycles. The number of nitrogens with two attached hydrogens (primary N) is 1. The summed E-state index contributed by atoms with van der Waals surface area (Å²) in [6.07, 6.45) is 0. The zero-order valence-corrected chi connectivity index (χ0v) is 10.9. The van der Waals surface area contributed by atoms with Crippen LogP contribution in [0.2, 0.25) is 0 Å². The van der Waals surface area contributed by atoms with Gasteiger partial charge in [0, 0.05) is 11.2 Å². The van der Waals surface area contributed by atoms with E-state index in [-0.39, 0.29) is 5.69 Å². The number of benzene rings is 1. The van der Waals surface area contributed by atoms with Gasteiger partial charge in [-0.25, -0.2) is 8.78 Å². The Labute approximate surface area is 105 Å². The smallest absolute Gasteiger partial charge is 0.399 e. The number of rotatable bonds is 1. The minimum atomic E-state index is -0.979. The van der Waals surface area contributed by atoms with Crippen molar-refractivity contribution in [3.63, 3.8) is 0 Å². The molecule has 1 saturated heterocycles. The van der Waals surface area contributed by atoms with Crippen LogP contribution in [0.25, 0.3) is 0 Å². The molecule has 0 atom stereocenters. The molecule has 1 heterocycles. The first-order valence-electron chi connectivity index (χ1n) is 5.74. The molecule has 0 amide bonds. The molecule has 1 aliphatic heterocycles. The summed E-state index contributed by atoms with van der Waals surface area (Å²) in [6, 6.07) is 1.96. The number of nitrogen functional groups attached to an aromatic ring is 1. The van der Waals surface area contributed by atoms with Gasteiger partial charge in [-0.2, -0.15) is 0 Å². The van der Waals surface area contributed by atoms with E-state index in [1.807, 2.05) is 27.7 Å². The van der Waals surface area contributed by atoms with Gasteiger partial charge in [-0.1, -0.05) is 0 Å². The van der Waals surface area contributed by atoms with Gasteiger partial charge < -0.3 is 15.0 Å². The molecular weight excluding hydrogens is 239 g/mol. The molecule has 1 fully saturated rings. The van der Waals surface area contributed by atoms with Crippen LogP contribution in [0.3, 0.4) is 0 Å². The van der Waals surface area contributed by atoms with Gasteiger partial charge in [0.15, 0.2) is 11.6 Å². The lowest BCUT2D eigenvalue weighted by Crippen LogP contribution is -2.41. The van der Waals surface area contributed by atoms with Gasteiger partial charge in [-0.15, -0.1) is 0 Å². The minimum Gasteiger partial charge on any atom is -0.399 e. The highest BCUT2D eigenvalue weighted by Gasteiger charge is 2.52. The van der Waals surface area contributed by atoms with E-state index >= 15 is 0 Å². The lowest BCUT2D eigenvalue weighted by Gasteiger charge is -2.32. The normalized spacial score (nSPS) is 21.3. The minimum absolute atomic E-state index is 0.118. The largest absolute Gasteiger partial charge is 0.497 e. The van der Waals surface area contributed by atoms with E-state index in [0.29, 0.717) is 5.46 Å². The fraction of sp³-hybridized carbons (Fsp3) is 0.500. The van der Waals surface area contributed by atoms with Crippen molar-refractivity contribution >= 4 is 18.3 Å². The maximum Gasteiger partial charge on any atom is 0.497 e. The van der Waals surface area contributed by atoms with Crippen LogP contribution >= 0.6 is 0 Å². The van der Waals surface area contributed by atoms with Crippen molar-refractivity contribution in [3.8, 4) is 0 Å². The number of halogens is 2. The molecule has 0 aliphatic carbocycles. The van der Waals surface area contributed by atoms with Gasteiger partial charge in [0.25, 0.3) is 0 Å². The molecule has 98 valence electrons. The standard InChI is InChI=1S/C12H16BF2NO2/c1-11(2)12(3,4)18-13(17-11)7-5-8(14)9(15)6-10(7)16/h5-6H,16H2,1-4H3. The first-order chi connectivity index (χ1) is 8.14. The fourth-order valence-corrected chi connectivity index (χ4v) is 1.75. The van der Waals surface area contributed by atoms with E-state index in [1.165, 1.54) is 0 Å². The zero-order valence-electron chi connectivity index (χ0n) is 10.9. The Hall–Kier alpha value is -1.14. The highest BCUT2D eigenvalue weighted by molar-refractivity contribution is 6.63. The Morgan fingerprint density at radius 2 is 1.44 bits per heavy atom. The van der Waals surface area contributed by atoms with E-state index in [4.69, 9.17) is 15.0 Å². The molecule has 1 aromatic carbocycles. The lowest BCUT2D eigenvalue weighted by atomic mass is 9.78. The van der Waals surface area contributed by atoms with Crippen molar-refractivity contribution in [2.45, 2.75) is 38.9 Å². The molecule has 6 heteroatoms. The van der Waals surface area contributed by atoms with Crippen molar-refractivity contribution in [3.05, 3.63) is 23.8 Å². The van der Waals surface area contributed by atoms with Crippen LogP contribution in [-0.2, 0) is 9.31 Å². The average Bonchev–Trinajstić information content (AvgIpc) is 2.42. The van der Waals surface area contributed by atoms with Crippen LogP contribution in [0.4, 0.5) is 14.5 Å². The van der Waals surface area contributed by atoms with E-state index in [2.05, 4.69) is 0 Å². The summed E-state index contributed by atoms with van der Waals surface area (Å²) >= 11 is 0. The first kappa shape index (κ1) is 13.3. The SMILES string of the molecule is CC1(C)OB(c2cc(F)c(F)cc2N)OC1(C)C. The average molecular weight is 255 g/mol. The lowest BCUT2D eigenvalue weighted by molar-refractivity contribution is 0.00578. The van der Waals surface area contributed by atoms with Crippen LogP contribution in [-0.4, -0.2) is 18.3 Å². The molecule has 2 N–H and O–H groups in total. The predicted molar refractivity (Wildman–Crippen MR) is 66.5 cm³/mol. The molecule has 0 unspecified atom stereocenters. The summed E-state index contributed by atoms with van der Waals surface area (Å²) in [4.78, 5) is 0. The van der Waals surface area contributed by atoms with Crippen LogP contribution in [0.1, 0.15) is 27.7 Å². The van der Waals surface area contributed by atoms with E-state index in [0.717, 1.165) is 12.1 Å². The van der Waals surface area contributed by atoms with E-state index in [1.54, 1.807) is 0 Å². The van der Waals surface area contributed by atoms with Crippen LogP contribution < -0.4 is 11.2 Å². The van der Waals surface area contributed by atoms with Crippen molar-refractivity contribution in [1.29, 1.82) is 0 Å². The molecular formula is C12H16BF2NO2. The van der Waals surface area contributed by atoms with Gasteiger partial charge in [-0.05, 0) is 39.8 Å². The monoisotopic (exact) mass is 255 g/mol. The van der Waals surface area contributed by atoms with E-state index in [9.17, 15) is 8.78 Å². The molecule has 0 bridgehead atoms. The molecule has 18 heavy (non-hydrogen) atoms. The Morgan fingerprint density at radius 3 is 1.94 bits per heavy atom. The second-order valence-electron chi connectivity index (χ2n) is 5.48. The Bertz CT molecular complexity index is 475. The van der Waals surface area contributed by atoms with E-state index < -0.39 is 30.0 Å². The maximum atomic E-state index is 13.3. The number of anilines is 1. The summed E-state index contributed by atoms with van der Waals surface area (Å²) in [7, 11) is -0.787. The summed E-state index contributed by atoms with van der Waals surface area (Å²) in [5, 5.41) is 0. The van der Waals surface area contributed by atoms with Crippen molar-refractivity contribution in [2.24, 2.45) is 0 Å². The van der Waals surface area contributed by atoms with Gasteiger partial charge >= 0.3 is 7.12 Å². The van der Waals surface area contributed by atoms with Crippen molar-refractivity contribution in [2.75, 3.05) is 5.73 Å². The van der Waals surface area contributed by atoms with Gasteiger partial charge in [0.2, 0.25) is 0 Å². The van der Waals surface area contributed by atoms with Crippen LogP contribution in [0.5, 0.6) is 0 Å². The quantitative estimate of drug-likeness (QED) is 0.615. The molecule has 0 radical (unpaired) electrons. The summed E-state index contributed by atoms with van der Waals surface area (Å²) < 4.78 is 37.7. The number of hydrogen-bond acceptors (Lipinski definition) is 3. The Kier molecular flexibility index (Phi) is 2.90. The Morgan fingerprint density at radius 1 is 1.00 bits per heavy atom. The topological polar surface area (TPSA) is 44.5 Å². The second kappa shape index (κ2) is 3.93. The van der Waals surface area contributed by atoms with Gasteiger partial charge in [0.05, 0.1) is 11.2 Å². The summed E-state index contributed by atoms with van der Waals surface area (Å²) in [6.45, 7) is 7.51. The zero-order chi connectivity index (χ0) is 13.7. The highest BCUT2D eigenvalue weighted by atomic mass is 19.2. The Balaban J connectivity index is 2.38. The molecule has 1 aliphatic rings. The third-order valence-electron chi connectivity index (χ3n) is 3.63. The van der Waals surface area contributed by atoms with Crippen LogP contribution in [0.15, 0.2) is 12.1 Å². The third-order valence-corrected chi connectivity index (χ3v) is 3.63. The highest BCUT2D eigenvalue weighted by Crippen LogP contribution is 2.36. The third kappa shape index (κ3) is 1.99. The van der Waals surface area contributed by atoms with Crippen molar-refractivity contribution in [1.82, 2.24) is 0 Å². The van der Waals surface area contributed by atoms with Crippen molar-refractivity contribution < 1.29 is 18.1 Å². The maximum absolute atomic E-state index is 13.3. The molecule has 1 aromatic rings. The molecule has 0 spiro atoms. The summed E-state index contributed by atoms with van der Waals surface area (Å²) in [5.41, 5.74) is 5.02. The second-order valence-corrected chi connectivity index (χ2v) is 5.48. The molecule has 3 nitrogen and oxygen atoms in total. The number of hydrogen-bond donors (Lipinski definition) is 1. The van der Waals surface area contributed by atoms with Crippen LogP contribution in [0, 0.1) is 11.6 Å². The van der Waals surface area contributed by atoms with Gasteiger partial charge in [-0.3, -0.25) is 0 Å². The first-order valence-corrected chi connectivity index (χ1v) is 5.74.